The van der Waals surface area contributed by atoms with Crippen LogP contribution >= 0.6 is 35.6 Å². The minimum absolute atomic E-state index is 0. The minimum atomic E-state index is -0.331. The molecule has 3 N–H and O–H groups in total. The number of carbonyl (C=O) groups excluding carboxylic acids is 2. The molecule has 1 saturated heterocycles. The maximum Gasteiger partial charge on any atom is 0.243 e. The lowest BCUT2D eigenvalue weighted by atomic mass is 9.85. The zero-order valence-electron chi connectivity index (χ0n) is 13.7. The molecule has 3 rings (SSSR count). The van der Waals surface area contributed by atoms with E-state index in [2.05, 4.69) is 16.0 Å². The van der Waals surface area contributed by atoms with Crippen LogP contribution in [-0.2, 0) is 9.59 Å². The van der Waals surface area contributed by atoms with Crippen molar-refractivity contribution in [3.63, 3.8) is 0 Å². The van der Waals surface area contributed by atoms with Gasteiger partial charge in [-0.15, -0.1) is 12.4 Å². The Morgan fingerprint density at radius 3 is 2.72 bits per heavy atom. The van der Waals surface area contributed by atoms with Crippen LogP contribution in [0.15, 0.2) is 18.2 Å². The van der Waals surface area contributed by atoms with Gasteiger partial charge in [0.15, 0.2) is 0 Å². The Kier molecular flexibility index (Phi) is 7.37. The smallest absolute Gasteiger partial charge is 0.243 e. The number of fused-ring (bicyclic) bond motifs is 1. The number of nitrogens with one attached hydrogen (secondary N) is 3. The van der Waals surface area contributed by atoms with Gasteiger partial charge in [0.2, 0.25) is 11.8 Å². The van der Waals surface area contributed by atoms with E-state index >= 15 is 0 Å². The summed E-state index contributed by atoms with van der Waals surface area (Å²) < 4.78 is 0. The van der Waals surface area contributed by atoms with Crippen molar-refractivity contribution in [1.82, 2.24) is 10.6 Å². The highest BCUT2D eigenvalue weighted by Gasteiger charge is 2.38. The van der Waals surface area contributed by atoms with Crippen LogP contribution < -0.4 is 16.0 Å². The Balaban J connectivity index is 0.00000225. The molecule has 2 amide bonds. The van der Waals surface area contributed by atoms with Crippen molar-refractivity contribution in [3.05, 3.63) is 28.2 Å². The molecule has 2 aliphatic rings. The van der Waals surface area contributed by atoms with Gasteiger partial charge in [0.25, 0.3) is 0 Å². The van der Waals surface area contributed by atoms with Crippen molar-refractivity contribution in [1.29, 1.82) is 0 Å². The number of hydrogen-bond acceptors (Lipinski definition) is 3. The number of carbonyl (C=O) groups is 2. The summed E-state index contributed by atoms with van der Waals surface area (Å²) >= 11 is 11.9. The van der Waals surface area contributed by atoms with E-state index in [4.69, 9.17) is 23.2 Å². The molecule has 25 heavy (non-hydrogen) atoms. The molecule has 2 fully saturated rings. The van der Waals surface area contributed by atoms with Gasteiger partial charge in [-0.2, -0.15) is 0 Å². The summed E-state index contributed by atoms with van der Waals surface area (Å²) in [5.41, 5.74) is 0.438. The maximum absolute atomic E-state index is 12.3. The number of halogens is 3. The number of benzene rings is 1. The van der Waals surface area contributed by atoms with Gasteiger partial charge in [-0.25, -0.2) is 0 Å². The highest BCUT2D eigenvalue weighted by Crippen LogP contribution is 2.33. The van der Waals surface area contributed by atoms with Crippen LogP contribution in [0.3, 0.4) is 0 Å². The zero-order chi connectivity index (χ0) is 17.1. The van der Waals surface area contributed by atoms with Gasteiger partial charge in [-0.3, -0.25) is 9.59 Å². The summed E-state index contributed by atoms with van der Waals surface area (Å²) in [5, 5.41) is 9.64. The molecular formula is C17H22Cl3N3O2. The van der Waals surface area contributed by atoms with E-state index in [-0.39, 0.29) is 36.8 Å². The van der Waals surface area contributed by atoms with Crippen LogP contribution in [0.5, 0.6) is 0 Å². The number of anilines is 1. The Morgan fingerprint density at radius 2 is 1.96 bits per heavy atom. The predicted octanol–water partition coefficient (Wildman–Crippen LogP) is 3.39. The third kappa shape index (κ3) is 5.23. The SMILES string of the molecule is Cl.O=C(CNC(=O)C1CC2CCCCC2N1)Nc1cc(Cl)ccc1Cl. The van der Waals surface area contributed by atoms with E-state index in [1.807, 2.05) is 0 Å². The summed E-state index contributed by atoms with van der Waals surface area (Å²) in [6.07, 6.45) is 5.67. The summed E-state index contributed by atoms with van der Waals surface area (Å²) in [6, 6.07) is 5.09. The molecule has 0 spiro atoms. The minimum Gasteiger partial charge on any atom is -0.346 e. The second-order valence-corrected chi connectivity index (χ2v) is 7.34. The molecule has 138 valence electrons. The summed E-state index contributed by atoms with van der Waals surface area (Å²) in [6.45, 7) is -0.0881. The van der Waals surface area contributed by atoms with Crippen LogP contribution in [0.2, 0.25) is 10.0 Å². The van der Waals surface area contributed by atoms with Crippen LogP contribution in [0.4, 0.5) is 5.69 Å². The lowest BCUT2D eigenvalue weighted by molar-refractivity contribution is -0.125. The normalized spacial score (nSPS) is 24.8. The van der Waals surface area contributed by atoms with Crippen molar-refractivity contribution in [2.75, 3.05) is 11.9 Å². The molecule has 0 bridgehead atoms. The largest absolute Gasteiger partial charge is 0.346 e. The van der Waals surface area contributed by atoms with Crippen molar-refractivity contribution in [2.45, 2.75) is 44.2 Å². The summed E-state index contributed by atoms with van der Waals surface area (Å²) in [5.74, 6) is 0.147. The monoisotopic (exact) mass is 405 g/mol. The molecule has 0 radical (unpaired) electrons. The Labute approximate surface area is 163 Å². The third-order valence-electron chi connectivity index (χ3n) is 4.80. The average Bonchev–Trinajstić information content (AvgIpc) is 3.00. The van der Waals surface area contributed by atoms with Crippen molar-refractivity contribution < 1.29 is 9.59 Å². The standard InChI is InChI=1S/C17H21Cl2N3O2.ClH/c18-11-5-6-12(19)14(8-11)22-16(23)9-20-17(24)15-7-10-3-1-2-4-13(10)21-15;/h5-6,8,10,13,15,21H,1-4,7,9H2,(H,20,24)(H,22,23);1H. The first-order valence-electron chi connectivity index (χ1n) is 8.31. The number of rotatable bonds is 4. The first-order chi connectivity index (χ1) is 11.5. The van der Waals surface area contributed by atoms with Crippen LogP contribution in [-0.4, -0.2) is 30.4 Å². The van der Waals surface area contributed by atoms with E-state index < -0.39 is 0 Å². The van der Waals surface area contributed by atoms with Crippen LogP contribution in [0.1, 0.15) is 32.1 Å². The van der Waals surface area contributed by atoms with Gasteiger partial charge in [-0.1, -0.05) is 36.0 Å². The quantitative estimate of drug-likeness (QED) is 0.718. The first kappa shape index (κ1) is 20.3. The van der Waals surface area contributed by atoms with E-state index in [1.165, 1.54) is 19.3 Å². The molecule has 1 aromatic carbocycles. The van der Waals surface area contributed by atoms with E-state index in [0.717, 1.165) is 12.8 Å². The van der Waals surface area contributed by atoms with Gasteiger partial charge in [0.1, 0.15) is 0 Å². The van der Waals surface area contributed by atoms with Gasteiger partial charge >= 0.3 is 0 Å². The maximum atomic E-state index is 12.3. The van der Waals surface area contributed by atoms with E-state index in [0.29, 0.717) is 27.7 Å². The molecule has 3 unspecified atom stereocenters. The van der Waals surface area contributed by atoms with E-state index in [9.17, 15) is 9.59 Å². The zero-order valence-corrected chi connectivity index (χ0v) is 16.0. The highest BCUT2D eigenvalue weighted by atomic mass is 35.5. The van der Waals surface area contributed by atoms with Gasteiger partial charge in [-0.05, 0) is 43.4 Å². The Hall–Kier alpha value is -1.01. The van der Waals surface area contributed by atoms with Crippen LogP contribution in [0.25, 0.3) is 0 Å². The molecule has 8 heteroatoms. The lowest BCUT2D eigenvalue weighted by Gasteiger charge is -2.24. The van der Waals surface area contributed by atoms with Gasteiger partial charge < -0.3 is 16.0 Å². The fourth-order valence-corrected chi connectivity index (χ4v) is 3.94. The molecule has 1 aromatic rings. The average molecular weight is 407 g/mol. The first-order valence-corrected chi connectivity index (χ1v) is 9.07. The highest BCUT2D eigenvalue weighted by molar-refractivity contribution is 6.35. The second kappa shape index (κ2) is 9.08. The molecule has 1 aliphatic heterocycles. The number of hydrogen-bond donors (Lipinski definition) is 3. The molecule has 0 aromatic heterocycles. The molecule has 1 aliphatic carbocycles. The second-order valence-electron chi connectivity index (χ2n) is 6.50. The molecular weight excluding hydrogens is 385 g/mol. The molecule has 5 nitrogen and oxygen atoms in total. The molecule has 1 heterocycles. The molecule has 3 atom stereocenters. The third-order valence-corrected chi connectivity index (χ3v) is 5.37. The Bertz CT molecular complexity index is 628. The fraction of sp³-hybridized carbons (Fsp3) is 0.529. The van der Waals surface area contributed by atoms with Crippen molar-refractivity contribution in [2.24, 2.45) is 5.92 Å². The summed E-state index contributed by atoms with van der Waals surface area (Å²) in [4.78, 5) is 24.3. The van der Waals surface area contributed by atoms with E-state index in [1.54, 1.807) is 18.2 Å². The topological polar surface area (TPSA) is 70.2 Å². The number of amides is 2. The van der Waals surface area contributed by atoms with Crippen LogP contribution in [0, 0.1) is 5.92 Å². The predicted molar refractivity (Wildman–Crippen MR) is 103 cm³/mol. The van der Waals surface area contributed by atoms with Gasteiger partial charge in [0, 0.05) is 11.1 Å². The van der Waals surface area contributed by atoms with Crippen molar-refractivity contribution >= 4 is 53.1 Å². The summed E-state index contributed by atoms with van der Waals surface area (Å²) in [7, 11) is 0. The fourth-order valence-electron chi connectivity index (χ4n) is 3.60. The lowest BCUT2D eigenvalue weighted by Crippen LogP contribution is -2.45. The van der Waals surface area contributed by atoms with Crippen molar-refractivity contribution in [3.8, 4) is 0 Å². The Morgan fingerprint density at radius 1 is 1.20 bits per heavy atom. The van der Waals surface area contributed by atoms with Gasteiger partial charge in [0.05, 0.1) is 23.3 Å². The molecule has 1 saturated carbocycles.